The van der Waals surface area contributed by atoms with Crippen molar-refractivity contribution in [1.29, 1.82) is 0 Å². The number of nitrogens with zero attached hydrogens (tertiary/aromatic N) is 2. The van der Waals surface area contributed by atoms with Crippen molar-refractivity contribution in [2.75, 3.05) is 0 Å². The molecule has 0 aliphatic heterocycles. The summed E-state index contributed by atoms with van der Waals surface area (Å²) >= 11 is 6.09. The molecule has 1 unspecified atom stereocenters. The lowest BCUT2D eigenvalue weighted by Gasteiger charge is -2.07. The number of aromatic hydroxyl groups is 1. The van der Waals surface area contributed by atoms with Gasteiger partial charge in [0, 0.05) is 22.4 Å². The van der Waals surface area contributed by atoms with E-state index in [1.54, 1.807) is 25.3 Å². The Kier molecular flexibility index (Phi) is 5.60. The van der Waals surface area contributed by atoms with E-state index in [0.29, 0.717) is 28.0 Å². The Bertz CT molecular complexity index is 1240. The fraction of sp³-hybridized carbons (Fsp3) is 0.200. The summed E-state index contributed by atoms with van der Waals surface area (Å²) in [4.78, 5) is 9.18. The number of phenols is 1. The van der Waals surface area contributed by atoms with Gasteiger partial charge in [-0.3, -0.25) is 4.99 Å². The van der Waals surface area contributed by atoms with Crippen LogP contribution in [0.1, 0.15) is 42.9 Å². The standard InChI is InChI=1S/C25H23ClN2O2/c1-4-15(2)17-8-9-23-22(13-17)28-25(30-23)18-6-5-7-21(12-18)27-14-19-11-20(26)10-16(3)24(19)29/h5-15,29H,4H2,1-3H3. The highest BCUT2D eigenvalue weighted by atomic mass is 35.5. The molecule has 152 valence electrons. The van der Waals surface area contributed by atoms with E-state index < -0.39 is 0 Å². The number of aromatic nitrogens is 1. The maximum atomic E-state index is 10.2. The second-order valence-corrected chi connectivity index (χ2v) is 7.96. The SMILES string of the molecule is CCC(C)c1ccc2oc(-c3cccc(N=Cc4cc(Cl)cc(C)c4O)c3)nc2c1. The molecule has 0 saturated heterocycles. The lowest BCUT2D eigenvalue weighted by atomic mass is 9.98. The molecule has 0 aliphatic carbocycles. The van der Waals surface area contributed by atoms with E-state index in [-0.39, 0.29) is 5.75 Å². The topological polar surface area (TPSA) is 58.6 Å². The summed E-state index contributed by atoms with van der Waals surface area (Å²) in [5.41, 5.74) is 5.75. The van der Waals surface area contributed by atoms with Gasteiger partial charge in [-0.15, -0.1) is 0 Å². The molecular weight excluding hydrogens is 396 g/mol. The summed E-state index contributed by atoms with van der Waals surface area (Å²) in [6.07, 6.45) is 2.69. The van der Waals surface area contributed by atoms with Crippen molar-refractivity contribution in [2.45, 2.75) is 33.1 Å². The Hall–Kier alpha value is -3.11. The summed E-state index contributed by atoms with van der Waals surface area (Å²) in [5.74, 6) is 1.22. The van der Waals surface area contributed by atoms with Crippen molar-refractivity contribution in [2.24, 2.45) is 4.99 Å². The molecule has 1 atom stereocenters. The van der Waals surface area contributed by atoms with Crippen molar-refractivity contribution in [3.8, 4) is 17.2 Å². The first kappa shape index (κ1) is 20.2. The van der Waals surface area contributed by atoms with Gasteiger partial charge in [0.2, 0.25) is 5.89 Å². The summed E-state index contributed by atoms with van der Waals surface area (Å²) in [6, 6.07) is 17.2. The van der Waals surface area contributed by atoms with Gasteiger partial charge < -0.3 is 9.52 Å². The molecule has 0 amide bonds. The minimum Gasteiger partial charge on any atom is -0.507 e. The predicted molar refractivity (Wildman–Crippen MR) is 123 cm³/mol. The van der Waals surface area contributed by atoms with Crippen molar-refractivity contribution >= 4 is 34.6 Å². The first-order valence-corrected chi connectivity index (χ1v) is 10.4. The molecule has 0 spiro atoms. The highest BCUT2D eigenvalue weighted by molar-refractivity contribution is 6.31. The van der Waals surface area contributed by atoms with Crippen LogP contribution in [0.5, 0.6) is 5.75 Å². The van der Waals surface area contributed by atoms with Gasteiger partial charge in [0.25, 0.3) is 0 Å². The van der Waals surface area contributed by atoms with Crippen LogP contribution in [0.4, 0.5) is 5.69 Å². The molecule has 30 heavy (non-hydrogen) atoms. The van der Waals surface area contributed by atoms with Gasteiger partial charge in [-0.25, -0.2) is 4.98 Å². The lowest BCUT2D eigenvalue weighted by Crippen LogP contribution is -1.90. The Balaban J connectivity index is 1.65. The highest BCUT2D eigenvalue weighted by Gasteiger charge is 2.11. The number of halogens is 1. The van der Waals surface area contributed by atoms with Gasteiger partial charge >= 0.3 is 0 Å². The number of rotatable bonds is 5. The Morgan fingerprint density at radius 2 is 2.00 bits per heavy atom. The van der Waals surface area contributed by atoms with Gasteiger partial charge in [-0.2, -0.15) is 0 Å². The molecule has 5 heteroatoms. The van der Waals surface area contributed by atoms with Crippen molar-refractivity contribution in [3.05, 3.63) is 76.3 Å². The largest absolute Gasteiger partial charge is 0.507 e. The number of hydrogen-bond donors (Lipinski definition) is 1. The smallest absolute Gasteiger partial charge is 0.227 e. The lowest BCUT2D eigenvalue weighted by molar-refractivity contribution is 0.470. The molecule has 0 bridgehead atoms. The minimum absolute atomic E-state index is 0.176. The zero-order valence-corrected chi connectivity index (χ0v) is 17.9. The summed E-state index contributed by atoms with van der Waals surface area (Å²) < 4.78 is 5.97. The van der Waals surface area contributed by atoms with Crippen molar-refractivity contribution in [1.82, 2.24) is 4.98 Å². The molecule has 0 aliphatic rings. The first-order valence-electron chi connectivity index (χ1n) is 9.98. The fourth-order valence-corrected chi connectivity index (χ4v) is 3.61. The third-order valence-corrected chi connectivity index (χ3v) is 5.55. The molecule has 4 aromatic rings. The number of fused-ring (bicyclic) bond motifs is 1. The average Bonchev–Trinajstić information content (AvgIpc) is 3.18. The van der Waals surface area contributed by atoms with Crippen LogP contribution in [0, 0.1) is 6.92 Å². The maximum Gasteiger partial charge on any atom is 0.227 e. The van der Waals surface area contributed by atoms with Gasteiger partial charge in [0.15, 0.2) is 5.58 Å². The quantitative estimate of drug-likeness (QED) is 0.343. The number of aliphatic imine (C=N–C) groups is 1. The summed E-state index contributed by atoms with van der Waals surface area (Å²) in [7, 11) is 0. The highest BCUT2D eigenvalue weighted by Crippen LogP contribution is 2.30. The van der Waals surface area contributed by atoms with Crippen LogP contribution in [0.2, 0.25) is 5.02 Å². The molecule has 0 saturated carbocycles. The molecule has 0 fully saturated rings. The third kappa shape index (κ3) is 4.10. The Morgan fingerprint density at radius 1 is 1.17 bits per heavy atom. The van der Waals surface area contributed by atoms with Crippen LogP contribution in [0.25, 0.3) is 22.6 Å². The number of aryl methyl sites for hydroxylation is 1. The second-order valence-electron chi connectivity index (χ2n) is 7.52. The van der Waals surface area contributed by atoms with Crippen LogP contribution in [-0.2, 0) is 0 Å². The molecule has 1 aromatic heterocycles. The van der Waals surface area contributed by atoms with Crippen molar-refractivity contribution < 1.29 is 9.52 Å². The number of hydrogen-bond acceptors (Lipinski definition) is 4. The summed E-state index contributed by atoms with van der Waals surface area (Å²) in [6.45, 7) is 6.20. The van der Waals surface area contributed by atoms with Crippen LogP contribution in [0.3, 0.4) is 0 Å². The van der Waals surface area contributed by atoms with Crippen LogP contribution >= 0.6 is 11.6 Å². The molecule has 1 N–H and O–H groups in total. The zero-order valence-electron chi connectivity index (χ0n) is 17.2. The van der Waals surface area contributed by atoms with Crippen LogP contribution in [-0.4, -0.2) is 16.3 Å². The number of benzene rings is 3. The number of oxazole rings is 1. The fourth-order valence-electron chi connectivity index (χ4n) is 3.33. The van der Waals surface area contributed by atoms with E-state index in [1.807, 2.05) is 30.3 Å². The van der Waals surface area contributed by atoms with E-state index in [1.165, 1.54) is 5.56 Å². The van der Waals surface area contributed by atoms with E-state index in [0.717, 1.165) is 28.8 Å². The van der Waals surface area contributed by atoms with Gasteiger partial charge in [0.05, 0.1) is 5.69 Å². The Morgan fingerprint density at radius 3 is 2.80 bits per heavy atom. The van der Waals surface area contributed by atoms with Crippen LogP contribution in [0.15, 0.2) is 64.0 Å². The van der Waals surface area contributed by atoms with Gasteiger partial charge in [0.1, 0.15) is 11.3 Å². The predicted octanol–water partition coefficient (Wildman–Crippen LogP) is 7.43. The van der Waals surface area contributed by atoms with Gasteiger partial charge in [-0.1, -0.05) is 37.6 Å². The van der Waals surface area contributed by atoms with E-state index in [9.17, 15) is 5.11 Å². The molecule has 0 radical (unpaired) electrons. The second kappa shape index (κ2) is 8.33. The zero-order chi connectivity index (χ0) is 21.3. The molecule has 1 heterocycles. The summed E-state index contributed by atoms with van der Waals surface area (Å²) in [5, 5.41) is 10.8. The van der Waals surface area contributed by atoms with Gasteiger partial charge in [-0.05, 0) is 72.9 Å². The molecule has 4 rings (SSSR count). The minimum atomic E-state index is 0.176. The first-order chi connectivity index (χ1) is 14.4. The molecular formula is C25H23ClN2O2. The monoisotopic (exact) mass is 418 g/mol. The van der Waals surface area contributed by atoms with Crippen molar-refractivity contribution in [3.63, 3.8) is 0 Å². The molecule has 3 aromatic carbocycles. The molecule has 4 nitrogen and oxygen atoms in total. The van der Waals surface area contributed by atoms with E-state index in [2.05, 4.69) is 36.0 Å². The Labute approximate surface area is 180 Å². The number of phenolic OH excluding ortho intramolecular Hbond substituents is 1. The van der Waals surface area contributed by atoms with E-state index >= 15 is 0 Å². The average molecular weight is 419 g/mol. The maximum absolute atomic E-state index is 10.2. The van der Waals surface area contributed by atoms with E-state index in [4.69, 9.17) is 16.0 Å². The van der Waals surface area contributed by atoms with Crippen LogP contribution < -0.4 is 0 Å². The normalized spacial score (nSPS) is 12.7. The third-order valence-electron chi connectivity index (χ3n) is 5.33.